The van der Waals surface area contributed by atoms with Crippen molar-refractivity contribution in [1.82, 2.24) is 20.3 Å². The fourth-order valence-electron chi connectivity index (χ4n) is 3.35. The predicted molar refractivity (Wildman–Crippen MR) is 107 cm³/mol. The number of rotatable bonds is 6. The quantitative estimate of drug-likeness (QED) is 0.684. The number of aromatic amines is 1. The average Bonchev–Trinajstić information content (AvgIpc) is 3.14. The number of imidazole rings is 1. The summed E-state index contributed by atoms with van der Waals surface area (Å²) in [7, 11) is 2.93. The van der Waals surface area contributed by atoms with Crippen LogP contribution in [0, 0.1) is 0 Å². The Labute approximate surface area is 173 Å². The van der Waals surface area contributed by atoms with Crippen molar-refractivity contribution in [3.8, 4) is 0 Å². The number of hydrogen-bond acceptors (Lipinski definition) is 7. The molecule has 2 aromatic heterocycles. The zero-order valence-corrected chi connectivity index (χ0v) is 17.3. The van der Waals surface area contributed by atoms with E-state index in [-0.39, 0.29) is 29.6 Å². The lowest BCUT2D eigenvalue weighted by Crippen LogP contribution is -2.55. The van der Waals surface area contributed by atoms with Gasteiger partial charge in [0.1, 0.15) is 5.69 Å². The Morgan fingerprint density at radius 2 is 2.21 bits per heavy atom. The molecular weight excluding hydrogens is 398 g/mol. The summed E-state index contributed by atoms with van der Waals surface area (Å²) in [6.45, 7) is 3.15. The maximum Gasteiger partial charge on any atom is 0.356 e. The van der Waals surface area contributed by atoms with Gasteiger partial charge in [0.05, 0.1) is 24.9 Å². The number of carbonyl (C=O) groups excluding carboxylic acids is 2. The van der Waals surface area contributed by atoms with Crippen LogP contribution in [-0.4, -0.2) is 66.3 Å². The molecule has 0 aromatic carbocycles. The molecule has 0 radical (unpaired) electrons. The molecule has 156 valence electrons. The fraction of sp³-hybridized carbons (Fsp3) is 0.474. The van der Waals surface area contributed by atoms with Crippen LogP contribution in [0.2, 0.25) is 5.15 Å². The number of aromatic nitrogens is 3. The zero-order chi connectivity index (χ0) is 21.0. The third kappa shape index (κ3) is 4.68. The number of hydrogen-bond donors (Lipinski definition) is 2. The fourth-order valence-corrected chi connectivity index (χ4v) is 3.62. The van der Waals surface area contributed by atoms with Gasteiger partial charge in [0.25, 0.3) is 5.91 Å². The predicted octanol–water partition coefficient (Wildman–Crippen LogP) is 1.83. The number of nitrogens with zero attached hydrogens (tertiary/aromatic N) is 3. The molecule has 0 bridgehead atoms. The second-order valence-electron chi connectivity index (χ2n) is 6.69. The van der Waals surface area contributed by atoms with Crippen molar-refractivity contribution in [3.05, 3.63) is 40.7 Å². The number of carbonyl (C=O) groups is 2. The molecule has 0 aliphatic carbocycles. The number of halogens is 1. The first kappa shape index (κ1) is 21.1. The van der Waals surface area contributed by atoms with Gasteiger partial charge >= 0.3 is 5.97 Å². The molecule has 2 aromatic rings. The van der Waals surface area contributed by atoms with E-state index in [1.807, 2.05) is 13.0 Å². The molecule has 10 heteroatoms. The lowest BCUT2D eigenvalue weighted by Gasteiger charge is -2.39. The molecule has 9 nitrogen and oxygen atoms in total. The van der Waals surface area contributed by atoms with Gasteiger partial charge in [-0.05, 0) is 25.0 Å². The van der Waals surface area contributed by atoms with Crippen molar-refractivity contribution in [2.75, 3.05) is 32.2 Å². The van der Waals surface area contributed by atoms with Crippen molar-refractivity contribution in [3.63, 3.8) is 0 Å². The second-order valence-corrected chi connectivity index (χ2v) is 7.05. The highest BCUT2D eigenvalue weighted by atomic mass is 35.5. The lowest BCUT2D eigenvalue weighted by molar-refractivity contribution is 0.0537. The molecule has 2 atom stereocenters. The Morgan fingerprint density at radius 1 is 1.41 bits per heavy atom. The van der Waals surface area contributed by atoms with Gasteiger partial charge in [-0.3, -0.25) is 4.79 Å². The topological polar surface area (TPSA) is 109 Å². The number of anilines is 1. The summed E-state index contributed by atoms with van der Waals surface area (Å²) in [4.78, 5) is 37.5. The third-order valence-electron chi connectivity index (χ3n) is 4.98. The Bertz CT molecular complexity index is 887. The summed E-state index contributed by atoms with van der Waals surface area (Å²) in [6.07, 6.45) is 2.66. The number of esters is 1. The van der Waals surface area contributed by atoms with Gasteiger partial charge in [-0.15, -0.1) is 0 Å². The first-order chi connectivity index (χ1) is 14.0. The van der Waals surface area contributed by atoms with Gasteiger partial charge in [-0.2, -0.15) is 0 Å². The summed E-state index contributed by atoms with van der Waals surface area (Å²) in [6, 6.07) is 3.34. The highest BCUT2D eigenvalue weighted by molar-refractivity contribution is 6.30. The monoisotopic (exact) mass is 421 g/mol. The SMILES string of the molecule is CCc1[nH]c(C(=O)NC2CCN(c3ccnc(C(=O)OC)c3)CC2OC)nc1Cl. The van der Waals surface area contributed by atoms with Crippen LogP contribution in [-0.2, 0) is 15.9 Å². The number of aryl methyl sites for hydroxylation is 1. The smallest absolute Gasteiger partial charge is 0.356 e. The van der Waals surface area contributed by atoms with Crippen LogP contribution in [0.5, 0.6) is 0 Å². The molecule has 29 heavy (non-hydrogen) atoms. The summed E-state index contributed by atoms with van der Waals surface area (Å²) >= 11 is 6.03. The summed E-state index contributed by atoms with van der Waals surface area (Å²) in [5.74, 6) is -0.606. The van der Waals surface area contributed by atoms with E-state index in [9.17, 15) is 9.59 Å². The number of nitrogens with one attached hydrogen (secondary N) is 2. The maximum absolute atomic E-state index is 12.6. The minimum absolute atomic E-state index is 0.181. The van der Waals surface area contributed by atoms with Crippen molar-refractivity contribution >= 4 is 29.2 Å². The van der Waals surface area contributed by atoms with Gasteiger partial charge in [0.15, 0.2) is 11.0 Å². The van der Waals surface area contributed by atoms with Crippen LogP contribution >= 0.6 is 11.6 Å². The van der Waals surface area contributed by atoms with Gasteiger partial charge in [-0.25, -0.2) is 14.8 Å². The van der Waals surface area contributed by atoms with Crippen LogP contribution in [0.4, 0.5) is 5.69 Å². The van der Waals surface area contributed by atoms with E-state index in [4.69, 9.17) is 21.1 Å². The average molecular weight is 422 g/mol. The normalized spacial score (nSPS) is 19.1. The van der Waals surface area contributed by atoms with E-state index in [2.05, 4.69) is 25.2 Å². The highest BCUT2D eigenvalue weighted by Gasteiger charge is 2.32. The molecule has 2 unspecified atom stereocenters. The minimum Gasteiger partial charge on any atom is -0.464 e. The van der Waals surface area contributed by atoms with E-state index >= 15 is 0 Å². The van der Waals surface area contributed by atoms with Crippen molar-refractivity contribution in [2.45, 2.75) is 31.9 Å². The Hall–Kier alpha value is -2.65. The molecule has 1 aliphatic rings. The molecule has 1 fully saturated rings. The number of H-pyrrole nitrogens is 1. The maximum atomic E-state index is 12.6. The third-order valence-corrected chi connectivity index (χ3v) is 5.29. The van der Waals surface area contributed by atoms with Gasteiger partial charge in [-0.1, -0.05) is 18.5 Å². The number of methoxy groups -OCH3 is 2. The van der Waals surface area contributed by atoms with E-state index < -0.39 is 5.97 Å². The van der Waals surface area contributed by atoms with Gasteiger partial charge in [0.2, 0.25) is 0 Å². The summed E-state index contributed by atoms with van der Waals surface area (Å²) < 4.78 is 10.4. The van der Waals surface area contributed by atoms with Crippen LogP contribution in [0.15, 0.2) is 18.3 Å². The first-order valence-corrected chi connectivity index (χ1v) is 9.72. The van der Waals surface area contributed by atoms with Crippen LogP contribution in [0.3, 0.4) is 0 Å². The van der Waals surface area contributed by atoms with Crippen LogP contribution in [0.1, 0.15) is 40.1 Å². The molecule has 1 amide bonds. The summed E-state index contributed by atoms with van der Waals surface area (Å²) in [5, 5.41) is 3.30. The zero-order valence-electron chi connectivity index (χ0n) is 16.6. The first-order valence-electron chi connectivity index (χ1n) is 9.34. The van der Waals surface area contributed by atoms with E-state index in [1.54, 1.807) is 19.4 Å². The lowest BCUT2D eigenvalue weighted by atomic mass is 10.0. The highest BCUT2D eigenvalue weighted by Crippen LogP contribution is 2.22. The Kier molecular flexibility index (Phi) is 6.71. The molecule has 3 rings (SSSR count). The van der Waals surface area contributed by atoms with Crippen molar-refractivity contribution < 1.29 is 19.1 Å². The second kappa shape index (κ2) is 9.23. The van der Waals surface area contributed by atoms with E-state index in [1.165, 1.54) is 7.11 Å². The number of pyridine rings is 1. The molecule has 1 aliphatic heterocycles. The molecule has 1 saturated heterocycles. The van der Waals surface area contributed by atoms with Crippen LogP contribution < -0.4 is 10.2 Å². The molecule has 0 saturated carbocycles. The standard InChI is InChI=1S/C19H24ClN5O4/c1-4-12-16(20)24-17(22-12)18(26)23-13-6-8-25(10-15(13)28-2)11-5-7-21-14(9-11)19(27)29-3/h5,7,9,13,15H,4,6,8,10H2,1-3H3,(H,22,24)(H,23,26). The molecule has 3 heterocycles. The van der Waals surface area contributed by atoms with Gasteiger partial charge in [0, 0.05) is 32.1 Å². The number of ether oxygens (including phenoxy) is 2. The van der Waals surface area contributed by atoms with Crippen molar-refractivity contribution in [2.24, 2.45) is 0 Å². The largest absolute Gasteiger partial charge is 0.464 e. The minimum atomic E-state index is -0.485. The van der Waals surface area contributed by atoms with Crippen LogP contribution in [0.25, 0.3) is 0 Å². The molecule has 2 N–H and O–H groups in total. The van der Waals surface area contributed by atoms with E-state index in [0.717, 1.165) is 11.4 Å². The number of piperidine rings is 1. The Morgan fingerprint density at radius 3 is 2.86 bits per heavy atom. The molecular formula is C19H24ClN5O4. The van der Waals surface area contributed by atoms with Gasteiger partial charge < -0.3 is 24.7 Å². The molecule has 0 spiro atoms. The van der Waals surface area contributed by atoms with E-state index in [0.29, 0.717) is 31.1 Å². The Balaban J connectivity index is 1.68. The number of amides is 1. The summed E-state index contributed by atoms with van der Waals surface area (Å²) in [5.41, 5.74) is 1.82. The van der Waals surface area contributed by atoms with Crippen molar-refractivity contribution in [1.29, 1.82) is 0 Å².